The van der Waals surface area contributed by atoms with Crippen LogP contribution in [0.2, 0.25) is 0 Å². The number of primary amides is 1. The Morgan fingerprint density at radius 3 is 2.59 bits per heavy atom. The molecule has 1 fully saturated rings. The van der Waals surface area contributed by atoms with Crippen molar-refractivity contribution in [3.05, 3.63) is 23.8 Å². The molecule has 7 nitrogen and oxygen atoms in total. The van der Waals surface area contributed by atoms with Gasteiger partial charge in [-0.2, -0.15) is 10.2 Å². The number of hydrogen-bond donors (Lipinski definition) is 2. The predicted molar refractivity (Wildman–Crippen MR) is 105 cm³/mol. The lowest BCUT2D eigenvalue weighted by Crippen LogP contribution is -2.31. The van der Waals surface area contributed by atoms with Crippen LogP contribution in [0.25, 0.3) is 0 Å². The summed E-state index contributed by atoms with van der Waals surface area (Å²) in [5, 5.41) is 11.0. The highest BCUT2D eigenvalue weighted by atomic mass is 16.2. The first-order valence-electron chi connectivity index (χ1n) is 9.39. The van der Waals surface area contributed by atoms with E-state index >= 15 is 0 Å². The quantitative estimate of drug-likeness (QED) is 0.691. The molecule has 0 unspecified atom stereocenters. The van der Waals surface area contributed by atoms with Crippen molar-refractivity contribution in [2.24, 2.45) is 16.0 Å². The molecule has 3 rings (SSSR count). The van der Waals surface area contributed by atoms with Gasteiger partial charge in [0.25, 0.3) is 5.91 Å². The number of nitrogens with one attached hydrogen (secondary N) is 1. The van der Waals surface area contributed by atoms with Crippen molar-refractivity contribution in [2.75, 3.05) is 23.3 Å². The van der Waals surface area contributed by atoms with Crippen LogP contribution in [-0.4, -0.2) is 30.6 Å². The van der Waals surface area contributed by atoms with Crippen molar-refractivity contribution in [1.29, 1.82) is 0 Å². The monoisotopic (exact) mass is 367 g/mol. The van der Waals surface area contributed by atoms with Gasteiger partial charge < -0.3 is 16.0 Å². The van der Waals surface area contributed by atoms with Crippen LogP contribution in [0.4, 0.5) is 11.4 Å². The van der Waals surface area contributed by atoms with E-state index in [4.69, 9.17) is 12.2 Å². The topological polar surface area (TPSA) is 100 Å². The minimum atomic E-state index is -0.460. The third-order valence-corrected chi connectivity index (χ3v) is 5.05. The smallest absolute Gasteiger partial charge is 0.250 e. The zero-order valence-corrected chi connectivity index (χ0v) is 15.4. The van der Waals surface area contributed by atoms with Crippen molar-refractivity contribution in [2.45, 2.75) is 50.6 Å². The van der Waals surface area contributed by atoms with Crippen molar-refractivity contribution in [3.63, 3.8) is 0 Å². The average molecular weight is 367 g/mol. The fraction of sp³-hybridized carbons (Fsp3) is 0.500. The number of rotatable bonds is 8. The van der Waals surface area contributed by atoms with Crippen molar-refractivity contribution in [3.8, 4) is 12.3 Å². The summed E-state index contributed by atoms with van der Waals surface area (Å²) in [4.78, 5) is 26.3. The highest BCUT2D eigenvalue weighted by molar-refractivity contribution is 6.00. The van der Waals surface area contributed by atoms with Crippen molar-refractivity contribution < 1.29 is 9.59 Å². The van der Waals surface area contributed by atoms with E-state index < -0.39 is 11.6 Å². The van der Waals surface area contributed by atoms with Gasteiger partial charge in [0.15, 0.2) is 5.66 Å². The molecule has 1 aromatic carbocycles. The van der Waals surface area contributed by atoms with Crippen LogP contribution in [0.5, 0.6) is 0 Å². The van der Waals surface area contributed by atoms with Crippen molar-refractivity contribution >= 4 is 23.2 Å². The van der Waals surface area contributed by atoms with Gasteiger partial charge in [-0.15, -0.1) is 12.3 Å². The minimum Gasteiger partial charge on any atom is -0.371 e. The van der Waals surface area contributed by atoms with Crippen molar-refractivity contribution in [1.82, 2.24) is 0 Å². The van der Waals surface area contributed by atoms with Gasteiger partial charge in [-0.3, -0.25) is 9.59 Å². The molecule has 2 heterocycles. The van der Waals surface area contributed by atoms with Gasteiger partial charge in [0.2, 0.25) is 5.91 Å². The molecule has 142 valence electrons. The summed E-state index contributed by atoms with van der Waals surface area (Å²) in [6.07, 6.45) is 10.8. The largest absolute Gasteiger partial charge is 0.371 e. The number of amides is 2. The number of nitrogens with zero attached hydrogens (tertiary/aromatic N) is 3. The Hall–Kier alpha value is -2.88. The average Bonchev–Trinajstić information content (AvgIpc) is 3.45. The molecule has 0 aromatic heterocycles. The number of piperidine rings is 1. The Balaban J connectivity index is 1.63. The zero-order chi connectivity index (χ0) is 19.3. The van der Waals surface area contributed by atoms with E-state index in [9.17, 15) is 9.59 Å². The second kappa shape index (κ2) is 8.21. The highest BCUT2D eigenvalue weighted by Crippen LogP contribution is 2.37. The molecule has 27 heavy (non-hydrogen) atoms. The molecule has 0 saturated carbocycles. The molecule has 1 saturated heterocycles. The van der Waals surface area contributed by atoms with Crippen LogP contribution in [-0.2, 0) is 4.79 Å². The third kappa shape index (κ3) is 4.85. The van der Waals surface area contributed by atoms with Gasteiger partial charge in [0.1, 0.15) is 0 Å². The SMILES string of the molecule is C#CCCC1(CCC(=O)Nc2ccc(C(N)=O)c(N3CCCCC3)c2)N=N1. The number of nitrogens with two attached hydrogens (primary N) is 1. The van der Waals surface area contributed by atoms with Crippen LogP contribution in [0.3, 0.4) is 0 Å². The van der Waals surface area contributed by atoms with Gasteiger partial charge in [0.05, 0.1) is 11.3 Å². The normalized spacial score (nSPS) is 17.2. The summed E-state index contributed by atoms with van der Waals surface area (Å²) in [6, 6.07) is 5.23. The summed E-state index contributed by atoms with van der Waals surface area (Å²) in [6.45, 7) is 1.77. The van der Waals surface area contributed by atoms with Gasteiger partial charge >= 0.3 is 0 Å². The van der Waals surface area contributed by atoms with Gasteiger partial charge in [-0.25, -0.2) is 0 Å². The zero-order valence-electron chi connectivity index (χ0n) is 15.4. The molecule has 7 heteroatoms. The Morgan fingerprint density at radius 1 is 1.22 bits per heavy atom. The predicted octanol–water partition coefficient (Wildman–Crippen LogP) is 3.07. The fourth-order valence-electron chi connectivity index (χ4n) is 3.42. The van der Waals surface area contributed by atoms with E-state index in [0.717, 1.165) is 31.6 Å². The summed E-state index contributed by atoms with van der Waals surface area (Å²) in [5.74, 6) is 2.01. The Bertz CT molecular complexity index is 784. The molecule has 1 aromatic rings. The molecule has 0 bridgehead atoms. The molecule has 0 aliphatic carbocycles. The second-order valence-corrected chi connectivity index (χ2v) is 7.08. The Kier molecular flexibility index (Phi) is 5.75. The molecular weight excluding hydrogens is 342 g/mol. The molecule has 0 atom stereocenters. The summed E-state index contributed by atoms with van der Waals surface area (Å²) in [5.41, 5.74) is 7.00. The maximum absolute atomic E-state index is 12.3. The Morgan fingerprint density at radius 2 is 1.96 bits per heavy atom. The van der Waals surface area contributed by atoms with Crippen LogP contribution in [0.1, 0.15) is 55.3 Å². The molecule has 2 aliphatic heterocycles. The lowest BCUT2D eigenvalue weighted by atomic mass is 10.0. The molecule has 2 aliphatic rings. The third-order valence-electron chi connectivity index (χ3n) is 5.05. The van der Waals surface area contributed by atoms with Crippen LogP contribution < -0.4 is 16.0 Å². The molecular formula is C20H25N5O2. The standard InChI is InChI=1S/C20H25N5O2/c1-2-3-10-20(23-24-20)11-9-18(26)22-15-7-8-16(19(21)27)17(14-15)25-12-5-4-6-13-25/h1,7-8,14H,3-6,9-13H2,(H2,21,27)(H,22,26). The molecule has 0 spiro atoms. The first kappa shape index (κ1) is 18.9. The first-order chi connectivity index (χ1) is 13.0. The van der Waals surface area contributed by atoms with E-state index in [1.807, 2.05) is 6.07 Å². The number of benzene rings is 1. The number of anilines is 2. The molecule has 0 radical (unpaired) electrons. The lowest BCUT2D eigenvalue weighted by molar-refractivity contribution is -0.116. The summed E-state index contributed by atoms with van der Waals surface area (Å²) < 4.78 is 0. The summed E-state index contributed by atoms with van der Waals surface area (Å²) in [7, 11) is 0. The van der Waals surface area contributed by atoms with E-state index in [2.05, 4.69) is 26.4 Å². The lowest BCUT2D eigenvalue weighted by Gasteiger charge is -2.30. The van der Waals surface area contributed by atoms with Crippen LogP contribution >= 0.6 is 0 Å². The molecule has 3 N–H and O–H groups in total. The van der Waals surface area contributed by atoms with Crippen LogP contribution in [0.15, 0.2) is 28.4 Å². The van der Waals surface area contributed by atoms with E-state index in [1.54, 1.807) is 12.1 Å². The number of hydrogen-bond acceptors (Lipinski definition) is 5. The Labute approximate surface area is 159 Å². The van der Waals surface area contributed by atoms with E-state index in [-0.39, 0.29) is 5.91 Å². The maximum atomic E-state index is 12.3. The summed E-state index contributed by atoms with van der Waals surface area (Å²) >= 11 is 0. The first-order valence-corrected chi connectivity index (χ1v) is 9.39. The molecule has 2 amide bonds. The maximum Gasteiger partial charge on any atom is 0.250 e. The van der Waals surface area contributed by atoms with Gasteiger partial charge in [-0.05, 0) is 37.5 Å². The van der Waals surface area contributed by atoms with E-state index in [0.29, 0.717) is 36.9 Å². The highest BCUT2D eigenvalue weighted by Gasteiger charge is 2.39. The number of carbonyl (C=O) groups excluding carboxylic acids is 2. The van der Waals surface area contributed by atoms with Gasteiger partial charge in [-0.1, -0.05) is 0 Å². The van der Waals surface area contributed by atoms with E-state index in [1.165, 1.54) is 6.42 Å². The van der Waals surface area contributed by atoms with Gasteiger partial charge in [0, 0.05) is 44.5 Å². The second-order valence-electron chi connectivity index (χ2n) is 7.08. The number of carbonyl (C=O) groups is 2. The minimum absolute atomic E-state index is 0.108. The van der Waals surface area contributed by atoms with Crippen LogP contribution in [0, 0.1) is 12.3 Å². The fourth-order valence-corrected chi connectivity index (χ4v) is 3.42. The number of terminal acetylenes is 1.